The van der Waals surface area contributed by atoms with Crippen molar-refractivity contribution in [3.8, 4) is 5.75 Å². The van der Waals surface area contributed by atoms with Gasteiger partial charge in [0.2, 0.25) is 0 Å². The summed E-state index contributed by atoms with van der Waals surface area (Å²) in [4.78, 5) is 11.4. The summed E-state index contributed by atoms with van der Waals surface area (Å²) >= 11 is 0. The van der Waals surface area contributed by atoms with E-state index in [-0.39, 0.29) is 18.9 Å². The Balaban J connectivity index is 2.02. The fourth-order valence-electron chi connectivity index (χ4n) is 2.03. The summed E-state index contributed by atoms with van der Waals surface area (Å²) in [5, 5.41) is 2.47. The number of hydrogen-bond donors (Lipinski definition) is 2. The Bertz CT molecular complexity index is 748. The molecule has 0 aliphatic heterocycles. The molecule has 0 aliphatic carbocycles. The first-order valence-corrected chi connectivity index (χ1v) is 7.42. The van der Waals surface area contributed by atoms with Crippen molar-refractivity contribution in [3.05, 3.63) is 53.6 Å². The molecule has 0 saturated heterocycles. The molecule has 2 aromatic rings. The van der Waals surface area contributed by atoms with Crippen molar-refractivity contribution < 1.29 is 27.4 Å². The standard InChI is InChI=1S/C17H17F3N2O3/c1-2-24-16(23)22-15-7-6-13(9-14(15)21)25-10-11-4-3-5-12(8-11)17(18,19)20/h3-9H,2,10,21H2,1H3,(H,22,23). The van der Waals surface area contributed by atoms with E-state index in [2.05, 4.69) is 5.32 Å². The Morgan fingerprint density at radius 1 is 1.20 bits per heavy atom. The Hall–Kier alpha value is -2.90. The van der Waals surface area contributed by atoms with Crippen LogP contribution in [0.1, 0.15) is 18.1 Å². The van der Waals surface area contributed by atoms with Gasteiger partial charge in [0, 0.05) is 6.07 Å². The van der Waals surface area contributed by atoms with E-state index in [0.717, 1.165) is 12.1 Å². The average Bonchev–Trinajstić information content (AvgIpc) is 2.55. The van der Waals surface area contributed by atoms with Crippen molar-refractivity contribution in [2.24, 2.45) is 0 Å². The van der Waals surface area contributed by atoms with Gasteiger partial charge >= 0.3 is 12.3 Å². The van der Waals surface area contributed by atoms with Gasteiger partial charge in [0.1, 0.15) is 12.4 Å². The number of alkyl halides is 3. The number of ether oxygens (including phenoxy) is 2. The van der Waals surface area contributed by atoms with Gasteiger partial charge < -0.3 is 15.2 Å². The van der Waals surface area contributed by atoms with Gasteiger partial charge in [0.05, 0.1) is 23.5 Å². The van der Waals surface area contributed by atoms with Crippen LogP contribution in [0, 0.1) is 0 Å². The minimum Gasteiger partial charge on any atom is -0.489 e. The lowest BCUT2D eigenvalue weighted by Crippen LogP contribution is -2.14. The number of amides is 1. The van der Waals surface area contributed by atoms with E-state index in [1.165, 1.54) is 24.3 Å². The maximum atomic E-state index is 12.7. The molecule has 5 nitrogen and oxygen atoms in total. The van der Waals surface area contributed by atoms with Gasteiger partial charge in [0.25, 0.3) is 0 Å². The number of nitrogens with two attached hydrogens (primary N) is 1. The highest BCUT2D eigenvalue weighted by atomic mass is 19.4. The van der Waals surface area contributed by atoms with Crippen molar-refractivity contribution in [1.29, 1.82) is 0 Å². The third kappa shape index (κ3) is 5.30. The maximum absolute atomic E-state index is 12.7. The number of anilines is 2. The van der Waals surface area contributed by atoms with Gasteiger partial charge in [-0.3, -0.25) is 5.32 Å². The second kappa shape index (κ2) is 7.78. The largest absolute Gasteiger partial charge is 0.489 e. The SMILES string of the molecule is CCOC(=O)Nc1ccc(OCc2cccc(C(F)(F)F)c2)cc1N. The van der Waals surface area contributed by atoms with Crippen molar-refractivity contribution in [2.45, 2.75) is 19.7 Å². The molecule has 0 heterocycles. The predicted octanol–water partition coefficient (Wildman–Crippen LogP) is 4.44. The van der Waals surface area contributed by atoms with E-state index in [1.54, 1.807) is 13.0 Å². The van der Waals surface area contributed by atoms with Gasteiger partial charge in [-0.25, -0.2) is 4.79 Å². The van der Waals surface area contributed by atoms with Crippen LogP contribution in [0.3, 0.4) is 0 Å². The zero-order valence-electron chi connectivity index (χ0n) is 13.4. The third-order valence-corrected chi connectivity index (χ3v) is 3.20. The van der Waals surface area contributed by atoms with Crippen molar-refractivity contribution in [1.82, 2.24) is 0 Å². The fraction of sp³-hybridized carbons (Fsp3) is 0.235. The predicted molar refractivity (Wildman–Crippen MR) is 87.3 cm³/mol. The fourth-order valence-corrected chi connectivity index (χ4v) is 2.03. The number of benzene rings is 2. The molecule has 0 spiro atoms. The molecule has 0 aliphatic rings. The molecule has 0 bridgehead atoms. The van der Waals surface area contributed by atoms with E-state index in [0.29, 0.717) is 17.0 Å². The van der Waals surface area contributed by atoms with Gasteiger partial charge in [-0.1, -0.05) is 12.1 Å². The van der Waals surface area contributed by atoms with Crippen molar-refractivity contribution in [2.75, 3.05) is 17.7 Å². The van der Waals surface area contributed by atoms with E-state index in [4.69, 9.17) is 15.2 Å². The van der Waals surface area contributed by atoms with Gasteiger partial charge in [-0.15, -0.1) is 0 Å². The average molecular weight is 354 g/mol. The molecule has 0 saturated carbocycles. The number of nitrogen functional groups attached to an aromatic ring is 1. The maximum Gasteiger partial charge on any atom is 0.416 e. The third-order valence-electron chi connectivity index (χ3n) is 3.20. The highest BCUT2D eigenvalue weighted by Crippen LogP contribution is 2.30. The van der Waals surface area contributed by atoms with Crippen LogP contribution >= 0.6 is 0 Å². The molecule has 2 rings (SSSR count). The van der Waals surface area contributed by atoms with Gasteiger partial charge in [0.15, 0.2) is 0 Å². The van der Waals surface area contributed by atoms with Gasteiger partial charge in [-0.05, 0) is 36.8 Å². The summed E-state index contributed by atoms with van der Waals surface area (Å²) in [6.07, 6.45) is -5.03. The summed E-state index contributed by atoms with van der Waals surface area (Å²) in [6, 6.07) is 9.42. The van der Waals surface area contributed by atoms with E-state index >= 15 is 0 Å². The Labute approximate surface area is 142 Å². The minimum atomic E-state index is -4.40. The zero-order chi connectivity index (χ0) is 18.4. The number of halogens is 3. The summed E-state index contributed by atoms with van der Waals surface area (Å²) in [5.41, 5.74) is 6.06. The number of nitrogens with one attached hydrogen (secondary N) is 1. The van der Waals surface area contributed by atoms with Gasteiger partial charge in [-0.2, -0.15) is 13.2 Å². The van der Waals surface area contributed by atoms with E-state index < -0.39 is 17.8 Å². The van der Waals surface area contributed by atoms with Crippen LogP contribution < -0.4 is 15.8 Å². The topological polar surface area (TPSA) is 73.6 Å². The van der Waals surface area contributed by atoms with E-state index in [9.17, 15) is 18.0 Å². The number of rotatable bonds is 5. The normalized spacial score (nSPS) is 11.0. The van der Waals surface area contributed by atoms with Crippen molar-refractivity contribution in [3.63, 3.8) is 0 Å². The Kier molecular flexibility index (Phi) is 5.74. The van der Waals surface area contributed by atoms with Crippen LogP contribution in [0.4, 0.5) is 29.3 Å². The first-order valence-electron chi connectivity index (χ1n) is 7.42. The van der Waals surface area contributed by atoms with Crippen LogP contribution in [0.5, 0.6) is 5.75 Å². The molecule has 1 amide bonds. The summed E-state index contributed by atoms with van der Waals surface area (Å²) < 4.78 is 48.3. The monoisotopic (exact) mass is 354 g/mol. The molecule has 0 unspecified atom stereocenters. The quantitative estimate of drug-likeness (QED) is 0.779. The lowest BCUT2D eigenvalue weighted by atomic mass is 10.1. The summed E-state index contributed by atoms with van der Waals surface area (Å²) in [5.74, 6) is 0.365. The highest BCUT2D eigenvalue weighted by molar-refractivity contribution is 5.89. The summed E-state index contributed by atoms with van der Waals surface area (Å²) in [6.45, 7) is 1.85. The van der Waals surface area contributed by atoms with Crippen molar-refractivity contribution >= 4 is 17.5 Å². The number of carbonyl (C=O) groups is 1. The first-order chi connectivity index (χ1) is 11.8. The number of carbonyl (C=O) groups excluding carboxylic acids is 1. The lowest BCUT2D eigenvalue weighted by Gasteiger charge is -2.12. The van der Waals surface area contributed by atoms with E-state index in [1.807, 2.05) is 0 Å². The molecule has 0 atom stereocenters. The second-order valence-corrected chi connectivity index (χ2v) is 5.08. The molecule has 2 aromatic carbocycles. The summed E-state index contributed by atoms with van der Waals surface area (Å²) in [7, 11) is 0. The molecular weight excluding hydrogens is 337 g/mol. The minimum absolute atomic E-state index is 0.0476. The molecule has 8 heteroatoms. The smallest absolute Gasteiger partial charge is 0.416 e. The number of hydrogen-bond acceptors (Lipinski definition) is 4. The second-order valence-electron chi connectivity index (χ2n) is 5.08. The van der Waals surface area contributed by atoms with Crippen LogP contribution in [0.25, 0.3) is 0 Å². The molecule has 134 valence electrons. The Morgan fingerprint density at radius 2 is 1.96 bits per heavy atom. The molecule has 0 aromatic heterocycles. The Morgan fingerprint density at radius 3 is 2.60 bits per heavy atom. The lowest BCUT2D eigenvalue weighted by molar-refractivity contribution is -0.137. The molecule has 3 N–H and O–H groups in total. The molecule has 25 heavy (non-hydrogen) atoms. The van der Waals surface area contributed by atoms with Crippen LogP contribution in [-0.2, 0) is 17.5 Å². The zero-order valence-corrected chi connectivity index (χ0v) is 13.4. The molecule has 0 fully saturated rings. The van der Waals surface area contributed by atoms with Crippen LogP contribution in [-0.4, -0.2) is 12.7 Å². The highest BCUT2D eigenvalue weighted by Gasteiger charge is 2.30. The first kappa shape index (κ1) is 18.4. The van der Waals surface area contributed by atoms with Crippen LogP contribution in [0.15, 0.2) is 42.5 Å². The molecular formula is C17H17F3N2O3. The van der Waals surface area contributed by atoms with Crippen LogP contribution in [0.2, 0.25) is 0 Å². The molecule has 0 radical (unpaired) electrons.